The lowest BCUT2D eigenvalue weighted by atomic mass is 10.2. The van der Waals surface area contributed by atoms with Crippen molar-refractivity contribution in [2.45, 2.75) is 37.5 Å². The number of nitrogens with one attached hydrogen (secondary N) is 1. The number of nitrogen functional groups attached to an aromatic ring is 1. The number of sulfonamides is 1. The number of benzene rings is 1. The number of rotatable bonds is 8. The predicted octanol–water partition coefficient (Wildman–Crippen LogP) is 1.55. The van der Waals surface area contributed by atoms with E-state index in [1.54, 1.807) is 6.92 Å². The second-order valence-electron chi connectivity index (χ2n) is 4.67. The fraction of sp³-hybridized carbons (Fsp3) is 0.538. The second-order valence-corrected chi connectivity index (χ2v) is 6.41. The number of nitrogens with two attached hydrogens (primary N) is 1. The molecular formula is C13H21FN2O3S. The summed E-state index contributed by atoms with van der Waals surface area (Å²) < 4.78 is 40.0. The summed E-state index contributed by atoms with van der Waals surface area (Å²) in [5, 5.41) is 8.61. The molecule has 0 aliphatic heterocycles. The molecule has 0 aromatic heterocycles. The Morgan fingerprint density at radius 2 is 1.90 bits per heavy atom. The predicted molar refractivity (Wildman–Crippen MR) is 76.3 cm³/mol. The van der Waals surface area contributed by atoms with Gasteiger partial charge in [0.05, 0.1) is 0 Å². The molecule has 20 heavy (non-hydrogen) atoms. The minimum atomic E-state index is -3.88. The standard InChI is InChI=1S/C13H21FN2O3S/c1-10-8-11(14)13(9-12(10)15)20(18,19)16-6-4-2-3-5-7-17/h8-9,16-17H,2-7,15H2,1H3. The van der Waals surface area contributed by atoms with Crippen LogP contribution in [0.25, 0.3) is 0 Å². The fourth-order valence-electron chi connectivity index (χ4n) is 1.75. The minimum Gasteiger partial charge on any atom is -0.398 e. The molecule has 1 aromatic carbocycles. The van der Waals surface area contributed by atoms with Crippen LogP contribution in [-0.2, 0) is 10.0 Å². The quantitative estimate of drug-likeness (QED) is 0.502. The van der Waals surface area contributed by atoms with Crippen molar-refractivity contribution in [1.82, 2.24) is 4.72 Å². The van der Waals surface area contributed by atoms with Crippen molar-refractivity contribution in [3.63, 3.8) is 0 Å². The molecule has 1 aromatic rings. The zero-order chi connectivity index (χ0) is 15.2. The van der Waals surface area contributed by atoms with Crippen LogP contribution < -0.4 is 10.5 Å². The molecule has 1 rings (SSSR count). The van der Waals surface area contributed by atoms with Gasteiger partial charge in [-0.1, -0.05) is 12.8 Å². The summed E-state index contributed by atoms with van der Waals surface area (Å²) in [4.78, 5) is -0.420. The molecule has 0 aliphatic rings. The van der Waals surface area contributed by atoms with Crippen molar-refractivity contribution >= 4 is 15.7 Å². The Morgan fingerprint density at radius 1 is 1.25 bits per heavy atom. The largest absolute Gasteiger partial charge is 0.398 e. The van der Waals surface area contributed by atoms with E-state index in [0.29, 0.717) is 18.4 Å². The average molecular weight is 304 g/mol. The molecule has 0 aliphatic carbocycles. The van der Waals surface area contributed by atoms with Crippen LogP contribution >= 0.6 is 0 Å². The molecule has 0 unspecified atom stereocenters. The third kappa shape index (κ3) is 4.73. The zero-order valence-corrected chi connectivity index (χ0v) is 12.3. The van der Waals surface area contributed by atoms with E-state index in [1.807, 2.05) is 0 Å². The van der Waals surface area contributed by atoms with Gasteiger partial charge < -0.3 is 10.8 Å². The van der Waals surface area contributed by atoms with Gasteiger partial charge in [0.2, 0.25) is 10.0 Å². The smallest absolute Gasteiger partial charge is 0.243 e. The normalized spacial score (nSPS) is 11.8. The molecule has 114 valence electrons. The molecule has 0 radical (unpaired) electrons. The lowest BCUT2D eigenvalue weighted by Crippen LogP contribution is -2.26. The number of aliphatic hydroxyl groups excluding tert-OH is 1. The van der Waals surface area contributed by atoms with Crippen molar-refractivity contribution in [3.05, 3.63) is 23.5 Å². The fourth-order valence-corrected chi connectivity index (χ4v) is 2.92. The van der Waals surface area contributed by atoms with Crippen LogP contribution in [0.4, 0.5) is 10.1 Å². The van der Waals surface area contributed by atoms with E-state index in [2.05, 4.69) is 4.72 Å². The summed E-state index contributed by atoms with van der Waals surface area (Å²) in [5.41, 5.74) is 6.36. The molecule has 0 saturated carbocycles. The average Bonchev–Trinajstić information content (AvgIpc) is 2.37. The van der Waals surface area contributed by atoms with Crippen molar-refractivity contribution in [2.24, 2.45) is 0 Å². The van der Waals surface area contributed by atoms with E-state index >= 15 is 0 Å². The molecule has 0 amide bonds. The van der Waals surface area contributed by atoms with Gasteiger partial charge >= 0.3 is 0 Å². The Hall–Kier alpha value is -1.18. The van der Waals surface area contributed by atoms with Crippen molar-refractivity contribution < 1.29 is 17.9 Å². The molecule has 5 nitrogen and oxygen atoms in total. The maximum atomic E-state index is 13.7. The molecular weight excluding hydrogens is 283 g/mol. The molecule has 7 heteroatoms. The zero-order valence-electron chi connectivity index (χ0n) is 11.5. The van der Waals surface area contributed by atoms with E-state index in [9.17, 15) is 12.8 Å². The van der Waals surface area contributed by atoms with Gasteiger partial charge in [-0.05, 0) is 37.5 Å². The van der Waals surface area contributed by atoms with Crippen molar-refractivity contribution in [1.29, 1.82) is 0 Å². The van der Waals surface area contributed by atoms with Crippen LogP contribution in [0, 0.1) is 12.7 Å². The van der Waals surface area contributed by atoms with Gasteiger partial charge in [-0.15, -0.1) is 0 Å². The van der Waals surface area contributed by atoms with Gasteiger partial charge in [0.25, 0.3) is 0 Å². The molecule has 0 atom stereocenters. The first-order valence-corrected chi connectivity index (χ1v) is 8.03. The van der Waals surface area contributed by atoms with E-state index in [0.717, 1.165) is 25.0 Å². The van der Waals surface area contributed by atoms with Gasteiger partial charge in [0, 0.05) is 18.8 Å². The summed E-state index contributed by atoms with van der Waals surface area (Å²) in [7, 11) is -3.88. The van der Waals surface area contributed by atoms with E-state index in [1.165, 1.54) is 0 Å². The number of hydrogen-bond acceptors (Lipinski definition) is 4. The first kappa shape index (κ1) is 16.9. The molecule has 0 fully saturated rings. The van der Waals surface area contributed by atoms with Gasteiger partial charge in [-0.3, -0.25) is 0 Å². The summed E-state index contributed by atoms with van der Waals surface area (Å²) in [6.07, 6.45) is 2.99. The number of anilines is 1. The number of aliphatic hydroxyl groups is 1. The van der Waals surface area contributed by atoms with Gasteiger partial charge in [-0.2, -0.15) is 0 Å². The maximum absolute atomic E-state index is 13.7. The minimum absolute atomic E-state index is 0.138. The summed E-state index contributed by atoms with van der Waals surface area (Å²) in [6, 6.07) is 2.25. The van der Waals surface area contributed by atoms with E-state index in [4.69, 9.17) is 10.8 Å². The van der Waals surface area contributed by atoms with Crippen LogP contribution in [0.2, 0.25) is 0 Å². The third-order valence-electron chi connectivity index (χ3n) is 2.99. The van der Waals surface area contributed by atoms with Crippen molar-refractivity contribution in [2.75, 3.05) is 18.9 Å². The number of hydrogen-bond donors (Lipinski definition) is 3. The number of halogens is 1. The monoisotopic (exact) mass is 304 g/mol. The van der Waals surface area contributed by atoms with Crippen LogP contribution in [-0.4, -0.2) is 26.7 Å². The van der Waals surface area contributed by atoms with Crippen molar-refractivity contribution in [3.8, 4) is 0 Å². The Kier molecular flexibility index (Phi) is 6.38. The molecule has 0 spiro atoms. The Morgan fingerprint density at radius 3 is 2.55 bits per heavy atom. The highest BCUT2D eigenvalue weighted by molar-refractivity contribution is 7.89. The number of aryl methyl sites for hydroxylation is 1. The lowest BCUT2D eigenvalue weighted by molar-refractivity contribution is 0.282. The highest BCUT2D eigenvalue weighted by Gasteiger charge is 2.19. The number of unbranched alkanes of at least 4 members (excludes halogenated alkanes) is 3. The van der Waals surface area contributed by atoms with Gasteiger partial charge in [0.1, 0.15) is 10.7 Å². The third-order valence-corrected chi connectivity index (χ3v) is 4.46. The Labute approximate surface area is 119 Å². The van der Waals surface area contributed by atoms with Crippen LogP contribution in [0.1, 0.15) is 31.2 Å². The van der Waals surface area contributed by atoms with Crippen LogP contribution in [0.15, 0.2) is 17.0 Å². The summed E-state index contributed by atoms with van der Waals surface area (Å²) in [5.74, 6) is -0.801. The highest BCUT2D eigenvalue weighted by Crippen LogP contribution is 2.21. The summed E-state index contributed by atoms with van der Waals surface area (Å²) >= 11 is 0. The molecule has 4 N–H and O–H groups in total. The molecule has 0 saturated heterocycles. The van der Waals surface area contributed by atoms with Gasteiger partial charge in [-0.25, -0.2) is 17.5 Å². The molecule has 0 bridgehead atoms. The first-order valence-electron chi connectivity index (χ1n) is 6.54. The van der Waals surface area contributed by atoms with E-state index in [-0.39, 0.29) is 18.8 Å². The maximum Gasteiger partial charge on any atom is 0.243 e. The Balaban J connectivity index is 2.63. The van der Waals surface area contributed by atoms with Crippen LogP contribution in [0.3, 0.4) is 0 Å². The van der Waals surface area contributed by atoms with Gasteiger partial charge in [0.15, 0.2) is 0 Å². The lowest BCUT2D eigenvalue weighted by Gasteiger charge is -2.09. The summed E-state index contributed by atoms with van der Waals surface area (Å²) in [6.45, 7) is 1.99. The highest BCUT2D eigenvalue weighted by atomic mass is 32.2. The first-order chi connectivity index (χ1) is 9.38. The SMILES string of the molecule is Cc1cc(F)c(S(=O)(=O)NCCCCCCO)cc1N. The topological polar surface area (TPSA) is 92.4 Å². The van der Waals surface area contributed by atoms with Crippen LogP contribution in [0.5, 0.6) is 0 Å². The second kappa shape index (κ2) is 7.56. The van der Waals surface area contributed by atoms with E-state index < -0.39 is 20.7 Å². The molecule has 0 heterocycles. The Bertz CT molecular complexity index is 547.